The van der Waals surface area contributed by atoms with Crippen LogP contribution in [0.5, 0.6) is 0 Å². The first kappa shape index (κ1) is 22.7. The van der Waals surface area contributed by atoms with Gasteiger partial charge in [-0.25, -0.2) is 22.2 Å². The molecule has 0 bridgehead atoms. The number of halogens is 3. The summed E-state index contributed by atoms with van der Waals surface area (Å²) < 4.78 is 55.2. The molecule has 2 heterocycles. The fourth-order valence-electron chi connectivity index (χ4n) is 3.19. The largest absolute Gasteiger partial charge is 0.288 e. The molecule has 0 aliphatic heterocycles. The second kappa shape index (κ2) is 8.83. The Labute approximate surface area is 192 Å². The van der Waals surface area contributed by atoms with E-state index in [9.17, 15) is 22.0 Å². The van der Waals surface area contributed by atoms with E-state index >= 15 is 0 Å². The van der Waals surface area contributed by atoms with Gasteiger partial charge in [0.05, 0.1) is 51.1 Å². The van der Waals surface area contributed by atoms with Gasteiger partial charge in [0.1, 0.15) is 0 Å². The zero-order chi connectivity index (χ0) is 23.8. The van der Waals surface area contributed by atoms with Crippen molar-refractivity contribution in [1.82, 2.24) is 20.2 Å². The molecule has 0 radical (unpaired) electrons. The molecule has 0 fully saturated rings. The van der Waals surface area contributed by atoms with Crippen LogP contribution in [0.15, 0.2) is 42.9 Å². The second-order valence-electron chi connectivity index (χ2n) is 7.10. The summed E-state index contributed by atoms with van der Waals surface area (Å²) in [5.74, 6) is -4.10. The number of benzene rings is 2. The molecule has 170 valence electrons. The van der Waals surface area contributed by atoms with Crippen molar-refractivity contribution in [2.24, 2.45) is 0 Å². The molecule has 2 aromatic heterocycles. The SMILES string of the molecule is CCCS(=O)(=O)Nc1cc(F)c(F)c(C(=O)c2ccc3ncc(-c4cn[nH]c4)nc3c2)c1Cl. The molecule has 2 aromatic carbocycles. The number of ketones is 1. The second-order valence-corrected chi connectivity index (χ2v) is 9.32. The molecule has 0 unspecified atom stereocenters. The lowest BCUT2D eigenvalue weighted by atomic mass is 10.0. The third-order valence-electron chi connectivity index (χ3n) is 4.72. The molecule has 4 aromatic rings. The molecular formula is C21H16ClF2N5O3S. The van der Waals surface area contributed by atoms with Crippen LogP contribution in [-0.4, -0.2) is 40.1 Å². The van der Waals surface area contributed by atoms with Gasteiger partial charge in [-0.1, -0.05) is 18.5 Å². The minimum absolute atomic E-state index is 0.0325. The maximum Gasteiger partial charge on any atom is 0.232 e. The number of aromatic amines is 1. The van der Waals surface area contributed by atoms with Crippen LogP contribution < -0.4 is 4.72 Å². The lowest BCUT2D eigenvalue weighted by Gasteiger charge is -2.13. The van der Waals surface area contributed by atoms with Crippen LogP contribution in [0.3, 0.4) is 0 Å². The Hall–Kier alpha value is -3.44. The highest BCUT2D eigenvalue weighted by molar-refractivity contribution is 7.92. The Kier molecular flexibility index (Phi) is 6.09. The maximum absolute atomic E-state index is 14.6. The van der Waals surface area contributed by atoms with Crippen molar-refractivity contribution in [3.05, 3.63) is 70.6 Å². The van der Waals surface area contributed by atoms with Crippen LogP contribution in [0.4, 0.5) is 14.5 Å². The molecule has 0 aliphatic carbocycles. The number of nitrogens with one attached hydrogen (secondary N) is 2. The number of aromatic nitrogens is 4. The molecule has 8 nitrogen and oxygen atoms in total. The Morgan fingerprint density at radius 2 is 1.97 bits per heavy atom. The van der Waals surface area contributed by atoms with E-state index < -0.39 is 43.7 Å². The van der Waals surface area contributed by atoms with Crippen LogP contribution in [0.1, 0.15) is 29.3 Å². The fourth-order valence-corrected chi connectivity index (χ4v) is 4.65. The van der Waals surface area contributed by atoms with Crippen LogP contribution in [0, 0.1) is 11.6 Å². The third kappa shape index (κ3) is 4.55. The average Bonchev–Trinajstić information content (AvgIpc) is 3.31. The molecule has 33 heavy (non-hydrogen) atoms. The molecule has 0 saturated carbocycles. The summed E-state index contributed by atoms with van der Waals surface area (Å²) in [6, 6.07) is 4.85. The van der Waals surface area contributed by atoms with Gasteiger partial charge < -0.3 is 0 Å². The summed E-state index contributed by atoms with van der Waals surface area (Å²) in [6.07, 6.45) is 5.00. The maximum atomic E-state index is 14.6. The standard InChI is InChI=1S/C21H16ClF2N5O3S/c1-2-5-33(31,32)29-16-7-13(23)20(24)18(19(16)22)21(30)11-3-4-14-15(6-11)28-17(10-25-14)12-8-26-27-9-12/h3-4,6-10,29H,2,5H2,1H3,(H,26,27). The number of hydrogen-bond donors (Lipinski definition) is 2. The number of nitrogens with zero attached hydrogens (tertiary/aromatic N) is 3. The Bertz CT molecular complexity index is 1480. The first-order valence-corrected chi connectivity index (χ1v) is 11.7. The van der Waals surface area contributed by atoms with Crippen molar-refractivity contribution in [3.8, 4) is 11.3 Å². The lowest BCUT2D eigenvalue weighted by Crippen LogP contribution is -2.18. The highest BCUT2D eigenvalue weighted by Crippen LogP contribution is 2.33. The van der Waals surface area contributed by atoms with Crippen LogP contribution >= 0.6 is 11.6 Å². The van der Waals surface area contributed by atoms with Gasteiger partial charge >= 0.3 is 0 Å². The number of carbonyl (C=O) groups excluding carboxylic acids is 1. The van der Waals surface area contributed by atoms with Gasteiger partial charge in [-0.2, -0.15) is 5.10 Å². The predicted molar refractivity (Wildman–Crippen MR) is 120 cm³/mol. The first-order valence-electron chi connectivity index (χ1n) is 9.69. The zero-order valence-electron chi connectivity index (χ0n) is 17.1. The number of hydrogen-bond acceptors (Lipinski definition) is 6. The molecule has 2 N–H and O–H groups in total. The molecule has 4 rings (SSSR count). The predicted octanol–water partition coefficient (Wildman–Crippen LogP) is 4.33. The quantitative estimate of drug-likeness (QED) is 0.293. The normalized spacial score (nSPS) is 11.6. The van der Waals surface area contributed by atoms with Crippen LogP contribution in [-0.2, 0) is 10.0 Å². The molecule has 0 saturated heterocycles. The van der Waals surface area contributed by atoms with Crippen molar-refractivity contribution in [3.63, 3.8) is 0 Å². The van der Waals surface area contributed by atoms with Crippen molar-refractivity contribution >= 4 is 44.1 Å². The average molecular weight is 492 g/mol. The van der Waals surface area contributed by atoms with Crippen molar-refractivity contribution in [2.75, 3.05) is 10.5 Å². The Morgan fingerprint density at radius 1 is 1.18 bits per heavy atom. The molecule has 0 amide bonds. The summed E-state index contributed by atoms with van der Waals surface area (Å²) in [5.41, 5.74) is 0.719. The topological polar surface area (TPSA) is 118 Å². The van der Waals surface area contributed by atoms with E-state index in [0.717, 1.165) is 0 Å². The number of H-pyrrole nitrogens is 1. The minimum Gasteiger partial charge on any atom is -0.288 e. The van der Waals surface area contributed by atoms with E-state index in [1.54, 1.807) is 19.3 Å². The lowest BCUT2D eigenvalue weighted by molar-refractivity contribution is 0.103. The molecule has 0 atom stereocenters. The third-order valence-corrected chi connectivity index (χ3v) is 6.59. The number of sulfonamides is 1. The fraction of sp³-hybridized carbons (Fsp3) is 0.143. The summed E-state index contributed by atoms with van der Waals surface area (Å²) in [6.45, 7) is 1.64. The number of anilines is 1. The van der Waals surface area contributed by atoms with Gasteiger partial charge in [0.15, 0.2) is 17.4 Å². The molecule has 12 heteroatoms. The van der Waals surface area contributed by atoms with E-state index in [1.165, 1.54) is 24.4 Å². The Balaban J connectivity index is 1.78. The zero-order valence-corrected chi connectivity index (χ0v) is 18.6. The summed E-state index contributed by atoms with van der Waals surface area (Å²) in [4.78, 5) is 21.8. The van der Waals surface area contributed by atoms with Crippen molar-refractivity contribution < 1.29 is 22.0 Å². The van der Waals surface area contributed by atoms with E-state index in [0.29, 0.717) is 34.8 Å². The summed E-state index contributed by atoms with van der Waals surface area (Å²) >= 11 is 6.16. The number of fused-ring (bicyclic) bond motifs is 1. The van der Waals surface area contributed by atoms with Crippen molar-refractivity contribution in [1.29, 1.82) is 0 Å². The molecule has 0 spiro atoms. The highest BCUT2D eigenvalue weighted by Gasteiger charge is 2.26. The summed E-state index contributed by atoms with van der Waals surface area (Å²) in [5, 5.41) is 5.97. The number of rotatable bonds is 7. The van der Waals surface area contributed by atoms with Gasteiger partial charge in [-0.05, 0) is 24.6 Å². The summed E-state index contributed by atoms with van der Waals surface area (Å²) in [7, 11) is -3.86. The van der Waals surface area contributed by atoms with Gasteiger partial charge in [-0.3, -0.25) is 19.6 Å². The van der Waals surface area contributed by atoms with E-state index in [1.807, 2.05) is 0 Å². The van der Waals surface area contributed by atoms with Gasteiger partial charge in [-0.15, -0.1) is 0 Å². The molecular weight excluding hydrogens is 476 g/mol. The van der Waals surface area contributed by atoms with Crippen LogP contribution in [0.25, 0.3) is 22.3 Å². The van der Waals surface area contributed by atoms with Crippen molar-refractivity contribution in [2.45, 2.75) is 13.3 Å². The van der Waals surface area contributed by atoms with E-state index in [4.69, 9.17) is 11.6 Å². The highest BCUT2D eigenvalue weighted by atomic mass is 35.5. The van der Waals surface area contributed by atoms with Crippen LogP contribution in [0.2, 0.25) is 5.02 Å². The van der Waals surface area contributed by atoms with E-state index in [-0.39, 0.29) is 11.3 Å². The number of carbonyl (C=O) groups is 1. The van der Waals surface area contributed by atoms with E-state index in [2.05, 4.69) is 24.9 Å². The first-order chi connectivity index (χ1) is 15.7. The van der Waals surface area contributed by atoms with Gasteiger partial charge in [0.25, 0.3) is 0 Å². The van der Waals surface area contributed by atoms with Gasteiger partial charge in [0, 0.05) is 23.4 Å². The smallest absolute Gasteiger partial charge is 0.232 e. The van der Waals surface area contributed by atoms with Gasteiger partial charge in [0.2, 0.25) is 10.0 Å². The Morgan fingerprint density at radius 3 is 2.67 bits per heavy atom. The minimum atomic E-state index is -3.86. The molecule has 0 aliphatic rings. The monoisotopic (exact) mass is 491 g/mol.